The lowest BCUT2D eigenvalue weighted by Crippen LogP contribution is -2.35. The number of benzene rings is 1. The molecule has 1 fully saturated rings. The number of aromatic nitrogens is 3. The zero-order chi connectivity index (χ0) is 17.8. The van der Waals surface area contributed by atoms with Crippen molar-refractivity contribution >= 4 is 22.9 Å². The van der Waals surface area contributed by atoms with Gasteiger partial charge in [-0.25, -0.2) is 9.97 Å². The first-order valence-electron chi connectivity index (χ1n) is 8.75. The Morgan fingerprint density at radius 3 is 2.92 bits per heavy atom. The zero-order valence-corrected chi connectivity index (χ0v) is 15.6. The van der Waals surface area contributed by atoms with Crippen molar-refractivity contribution in [2.75, 3.05) is 44.9 Å². The number of rotatable bonds is 6. The second-order valence-electron chi connectivity index (χ2n) is 6.12. The third kappa shape index (κ3) is 3.78. The predicted octanol–water partition coefficient (Wildman–Crippen LogP) is 3.06. The molecule has 0 amide bonds. The minimum Gasteiger partial charge on any atom is -0.497 e. The predicted molar refractivity (Wildman–Crippen MR) is 105 cm³/mol. The van der Waals surface area contributed by atoms with Crippen LogP contribution in [0.15, 0.2) is 36.5 Å². The fourth-order valence-electron chi connectivity index (χ4n) is 3.03. The van der Waals surface area contributed by atoms with Gasteiger partial charge in [0.05, 0.1) is 18.2 Å². The van der Waals surface area contributed by atoms with E-state index >= 15 is 0 Å². The Labute approximate surface area is 156 Å². The second-order valence-corrected chi connectivity index (χ2v) is 7.35. The molecule has 2 aromatic heterocycles. The first kappa shape index (κ1) is 17.2. The van der Waals surface area contributed by atoms with Crippen molar-refractivity contribution < 1.29 is 9.47 Å². The number of H-pyrrole nitrogens is 1. The normalized spacial score (nSPS) is 15.3. The minimum atomic E-state index is 0.642. The van der Waals surface area contributed by atoms with E-state index < -0.39 is 0 Å². The van der Waals surface area contributed by atoms with E-state index in [0.29, 0.717) is 12.3 Å². The molecule has 0 aliphatic carbocycles. The summed E-state index contributed by atoms with van der Waals surface area (Å²) in [5.41, 5.74) is 2.53. The summed E-state index contributed by atoms with van der Waals surface area (Å²) in [7, 11) is 1.66. The number of pyridine rings is 1. The summed E-state index contributed by atoms with van der Waals surface area (Å²) in [4.78, 5) is 14.7. The quantitative estimate of drug-likeness (QED) is 0.719. The smallest absolute Gasteiger partial charge is 0.178 e. The van der Waals surface area contributed by atoms with E-state index in [1.54, 1.807) is 13.3 Å². The van der Waals surface area contributed by atoms with E-state index in [2.05, 4.69) is 19.9 Å². The van der Waals surface area contributed by atoms with Gasteiger partial charge in [-0.2, -0.15) is 11.8 Å². The van der Waals surface area contributed by atoms with Crippen LogP contribution in [-0.4, -0.2) is 64.7 Å². The SMILES string of the molecule is COc1ccc(-c2nc3ncccc3[nH]2)c(OCCN2CCSCC2)c1. The van der Waals surface area contributed by atoms with Crippen LogP contribution in [0.25, 0.3) is 22.6 Å². The number of ether oxygens (including phenoxy) is 2. The van der Waals surface area contributed by atoms with Crippen molar-refractivity contribution in [3.8, 4) is 22.9 Å². The van der Waals surface area contributed by atoms with E-state index in [1.807, 2.05) is 42.1 Å². The molecule has 1 aliphatic heterocycles. The van der Waals surface area contributed by atoms with Crippen LogP contribution in [0.3, 0.4) is 0 Å². The lowest BCUT2D eigenvalue weighted by atomic mass is 10.2. The first-order valence-corrected chi connectivity index (χ1v) is 9.91. The van der Waals surface area contributed by atoms with Crippen LogP contribution < -0.4 is 9.47 Å². The minimum absolute atomic E-state index is 0.642. The topological polar surface area (TPSA) is 63.3 Å². The van der Waals surface area contributed by atoms with Gasteiger partial charge < -0.3 is 14.5 Å². The van der Waals surface area contributed by atoms with Gasteiger partial charge in [-0.05, 0) is 24.3 Å². The highest BCUT2D eigenvalue weighted by atomic mass is 32.2. The van der Waals surface area contributed by atoms with E-state index in [1.165, 1.54) is 11.5 Å². The maximum atomic E-state index is 6.12. The molecule has 4 rings (SSSR count). The van der Waals surface area contributed by atoms with Gasteiger partial charge in [0.25, 0.3) is 0 Å². The molecule has 3 aromatic rings. The fourth-order valence-corrected chi connectivity index (χ4v) is 4.01. The van der Waals surface area contributed by atoms with Crippen molar-refractivity contribution in [2.45, 2.75) is 0 Å². The molecule has 7 heteroatoms. The summed E-state index contributed by atoms with van der Waals surface area (Å²) >= 11 is 2.02. The molecular weight excluding hydrogens is 348 g/mol. The molecule has 0 atom stereocenters. The number of hydrogen-bond donors (Lipinski definition) is 1. The summed E-state index contributed by atoms with van der Waals surface area (Å²) in [5.74, 6) is 4.71. The zero-order valence-electron chi connectivity index (χ0n) is 14.8. The van der Waals surface area contributed by atoms with Crippen LogP contribution >= 0.6 is 11.8 Å². The highest BCUT2D eigenvalue weighted by Crippen LogP contribution is 2.32. The van der Waals surface area contributed by atoms with Crippen molar-refractivity contribution in [1.82, 2.24) is 19.9 Å². The van der Waals surface area contributed by atoms with Crippen LogP contribution in [0.1, 0.15) is 0 Å². The summed E-state index contributed by atoms with van der Waals surface area (Å²) < 4.78 is 11.5. The molecule has 136 valence electrons. The van der Waals surface area contributed by atoms with Crippen LogP contribution in [0.5, 0.6) is 11.5 Å². The largest absolute Gasteiger partial charge is 0.497 e. The van der Waals surface area contributed by atoms with Gasteiger partial charge in [0.15, 0.2) is 5.65 Å². The van der Waals surface area contributed by atoms with Crippen molar-refractivity contribution in [2.24, 2.45) is 0 Å². The van der Waals surface area contributed by atoms with Crippen molar-refractivity contribution in [3.05, 3.63) is 36.5 Å². The number of hydrogen-bond acceptors (Lipinski definition) is 6. The Morgan fingerprint density at radius 2 is 2.12 bits per heavy atom. The summed E-state index contributed by atoms with van der Waals surface area (Å²) in [5, 5.41) is 0. The van der Waals surface area contributed by atoms with Crippen LogP contribution in [-0.2, 0) is 0 Å². The number of fused-ring (bicyclic) bond motifs is 1. The Kier molecular flexibility index (Phi) is 5.26. The van der Waals surface area contributed by atoms with Crippen LogP contribution in [0, 0.1) is 0 Å². The van der Waals surface area contributed by atoms with E-state index in [-0.39, 0.29) is 0 Å². The van der Waals surface area contributed by atoms with Gasteiger partial charge in [-0.3, -0.25) is 4.90 Å². The van der Waals surface area contributed by atoms with Gasteiger partial charge in [-0.15, -0.1) is 0 Å². The molecular formula is C19H22N4O2S. The molecule has 1 aromatic carbocycles. The molecule has 6 nitrogen and oxygen atoms in total. The summed E-state index contributed by atoms with van der Waals surface area (Å²) in [6.07, 6.45) is 1.75. The lowest BCUT2D eigenvalue weighted by molar-refractivity contribution is 0.222. The van der Waals surface area contributed by atoms with E-state index in [0.717, 1.165) is 48.0 Å². The highest BCUT2D eigenvalue weighted by molar-refractivity contribution is 7.99. The Hall–Kier alpha value is -2.25. The Bertz CT molecular complexity index is 844. The Balaban J connectivity index is 1.55. The monoisotopic (exact) mass is 370 g/mol. The van der Waals surface area contributed by atoms with Gasteiger partial charge in [-0.1, -0.05) is 0 Å². The van der Waals surface area contributed by atoms with Crippen LogP contribution in [0.2, 0.25) is 0 Å². The van der Waals surface area contributed by atoms with Gasteiger partial charge in [0.1, 0.15) is 23.9 Å². The molecule has 0 radical (unpaired) electrons. The number of thioether (sulfide) groups is 1. The average Bonchev–Trinajstić information content (AvgIpc) is 3.12. The van der Waals surface area contributed by atoms with Crippen LogP contribution in [0.4, 0.5) is 0 Å². The highest BCUT2D eigenvalue weighted by Gasteiger charge is 2.14. The lowest BCUT2D eigenvalue weighted by Gasteiger charge is -2.26. The summed E-state index contributed by atoms with van der Waals surface area (Å²) in [6, 6.07) is 9.68. The van der Waals surface area contributed by atoms with Gasteiger partial charge in [0, 0.05) is 43.4 Å². The van der Waals surface area contributed by atoms with E-state index in [9.17, 15) is 0 Å². The molecule has 1 aliphatic rings. The molecule has 1 N–H and O–H groups in total. The molecule has 0 spiro atoms. The number of methoxy groups -OCH3 is 1. The number of nitrogens with one attached hydrogen (secondary N) is 1. The maximum absolute atomic E-state index is 6.12. The standard InChI is InChI=1S/C19H22N4O2S/c1-24-14-4-5-15(18-21-16-3-2-6-20-19(16)22-18)17(13-14)25-10-7-23-8-11-26-12-9-23/h2-6,13H,7-12H2,1H3,(H,20,21,22). The fraction of sp³-hybridized carbons (Fsp3) is 0.368. The Morgan fingerprint density at radius 1 is 1.23 bits per heavy atom. The number of aromatic amines is 1. The molecule has 0 bridgehead atoms. The molecule has 3 heterocycles. The van der Waals surface area contributed by atoms with Gasteiger partial charge >= 0.3 is 0 Å². The molecule has 0 saturated carbocycles. The summed E-state index contributed by atoms with van der Waals surface area (Å²) in [6.45, 7) is 3.84. The second kappa shape index (κ2) is 7.97. The first-order chi connectivity index (χ1) is 12.8. The molecule has 1 saturated heterocycles. The molecule has 26 heavy (non-hydrogen) atoms. The average molecular weight is 370 g/mol. The van der Waals surface area contributed by atoms with Crippen molar-refractivity contribution in [1.29, 1.82) is 0 Å². The van der Waals surface area contributed by atoms with Gasteiger partial charge in [0.2, 0.25) is 0 Å². The third-order valence-electron chi connectivity index (χ3n) is 4.47. The third-order valence-corrected chi connectivity index (χ3v) is 5.41. The van der Waals surface area contributed by atoms with Crippen molar-refractivity contribution in [3.63, 3.8) is 0 Å². The molecule has 0 unspecified atom stereocenters. The maximum Gasteiger partial charge on any atom is 0.178 e. The van der Waals surface area contributed by atoms with E-state index in [4.69, 9.17) is 9.47 Å². The number of imidazole rings is 1. The number of nitrogens with zero attached hydrogens (tertiary/aromatic N) is 3.